The molecule has 0 aliphatic rings. The highest BCUT2D eigenvalue weighted by Gasteiger charge is 2.20. The molecule has 0 atom stereocenters. The summed E-state index contributed by atoms with van der Waals surface area (Å²) in [7, 11) is -4.01. The molecular formula is C19H17N3O5S. The molecule has 28 heavy (non-hydrogen) atoms. The number of hydrogen-bond acceptors (Lipinski definition) is 6. The topological polar surface area (TPSA) is 111 Å². The molecule has 8 nitrogen and oxygen atoms in total. The first kappa shape index (κ1) is 19.3. The number of nitrogens with one attached hydrogen (secondary N) is 1. The molecule has 0 radical (unpaired) electrons. The van der Waals surface area contributed by atoms with E-state index in [0.29, 0.717) is 11.3 Å². The first-order valence-corrected chi connectivity index (χ1v) is 9.74. The summed E-state index contributed by atoms with van der Waals surface area (Å²) in [5, 5.41) is 11.0. The summed E-state index contributed by atoms with van der Waals surface area (Å²) in [5.41, 5.74) is 1.13. The van der Waals surface area contributed by atoms with Crippen molar-refractivity contribution in [2.24, 2.45) is 0 Å². The summed E-state index contributed by atoms with van der Waals surface area (Å²) in [5.74, 6) is 0.460. The predicted octanol–water partition coefficient (Wildman–Crippen LogP) is 3.68. The van der Waals surface area contributed by atoms with Crippen LogP contribution < -0.4 is 9.46 Å². The number of nitro benzene ring substituents is 1. The zero-order chi connectivity index (χ0) is 20.1. The third-order valence-electron chi connectivity index (χ3n) is 3.87. The third-order valence-corrected chi connectivity index (χ3v) is 5.39. The van der Waals surface area contributed by atoms with E-state index in [9.17, 15) is 18.5 Å². The van der Waals surface area contributed by atoms with Crippen molar-refractivity contribution in [3.05, 3.63) is 88.2 Å². The second-order valence-corrected chi connectivity index (χ2v) is 7.60. The molecule has 0 saturated carbocycles. The van der Waals surface area contributed by atoms with Crippen LogP contribution in [0, 0.1) is 17.0 Å². The zero-order valence-electron chi connectivity index (χ0n) is 14.9. The largest absolute Gasteiger partial charge is 0.487 e. The monoisotopic (exact) mass is 399 g/mol. The molecule has 0 saturated heterocycles. The molecule has 1 aromatic heterocycles. The van der Waals surface area contributed by atoms with Gasteiger partial charge in [-0.3, -0.25) is 19.8 Å². The molecule has 0 fully saturated rings. The standard InChI is InChI=1S/C19H17N3O5S/c1-14-8-9-17(22(23)24)12-19(14)28(25,26)21-15-6-4-7-18(11-15)27-13-16-5-2-3-10-20-16/h2-12,21H,13H2,1H3. The van der Waals surface area contributed by atoms with E-state index in [2.05, 4.69) is 9.71 Å². The first-order valence-electron chi connectivity index (χ1n) is 8.26. The van der Waals surface area contributed by atoms with Crippen molar-refractivity contribution in [2.75, 3.05) is 4.72 Å². The van der Waals surface area contributed by atoms with E-state index >= 15 is 0 Å². The van der Waals surface area contributed by atoms with Gasteiger partial charge in [0.1, 0.15) is 12.4 Å². The minimum atomic E-state index is -4.01. The van der Waals surface area contributed by atoms with E-state index in [4.69, 9.17) is 4.74 Å². The van der Waals surface area contributed by atoms with Gasteiger partial charge in [-0.05, 0) is 36.8 Å². The quantitative estimate of drug-likeness (QED) is 0.479. The van der Waals surface area contributed by atoms with Gasteiger partial charge in [0.15, 0.2) is 0 Å². The first-order chi connectivity index (χ1) is 13.3. The number of pyridine rings is 1. The van der Waals surface area contributed by atoms with Gasteiger partial charge in [0.2, 0.25) is 0 Å². The fourth-order valence-corrected chi connectivity index (χ4v) is 3.81. The van der Waals surface area contributed by atoms with Gasteiger partial charge in [0, 0.05) is 24.4 Å². The Morgan fingerprint density at radius 3 is 2.64 bits per heavy atom. The normalized spacial score (nSPS) is 11.0. The van der Waals surface area contributed by atoms with Crippen molar-refractivity contribution in [3.63, 3.8) is 0 Å². The lowest BCUT2D eigenvalue weighted by Crippen LogP contribution is -2.14. The summed E-state index contributed by atoms with van der Waals surface area (Å²) in [6.07, 6.45) is 1.66. The van der Waals surface area contributed by atoms with Crippen molar-refractivity contribution < 1.29 is 18.1 Å². The van der Waals surface area contributed by atoms with E-state index in [1.54, 1.807) is 37.4 Å². The number of nitro groups is 1. The maximum absolute atomic E-state index is 12.7. The molecule has 2 aromatic carbocycles. The molecule has 0 bridgehead atoms. The number of anilines is 1. The van der Waals surface area contributed by atoms with Gasteiger partial charge in [0.05, 0.1) is 21.2 Å². The third kappa shape index (κ3) is 4.63. The van der Waals surface area contributed by atoms with E-state index in [1.807, 2.05) is 12.1 Å². The summed E-state index contributed by atoms with van der Waals surface area (Å²) < 4.78 is 33.5. The second kappa shape index (κ2) is 8.05. The van der Waals surface area contributed by atoms with Crippen molar-refractivity contribution in [3.8, 4) is 5.75 Å². The van der Waals surface area contributed by atoms with Gasteiger partial charge in [-0.2, -0.15) is 0 Å². The molecule has 144 valence electrons. The molecule has 0 amide bonds. The number of rotatable bonds is 7. The number of aryl methyl sites for hydroxylation is 1. The van der Waals surface area contributed by atoms with Crippen LogP contribution in [-0.4, -0.2) is 18.3 Å². The van der Waals surface area contributed by atoms with Crippen LogP contribution in [0.2, 0.25) is 0 Å². The Morgan fingerprint density at radius 2 is 1.93 bits per heavy atom. The van der Waals surface area contributed by atoms with Crippen molar-refractivity contribution in [2.45, 2.75) is 18.4 Å². The maximum Gasteiger partial charge on any atom is 0.270 e. The van der Waals surface area contributed by atoms with E-state index in [1.165, 1.54) is 18.2 Å². The predicted molar refractivity (Wildman–Crippen MR) is 104 cm³/mol. The SMILES string of the molecule is Cc1ccc([N+](=O)[O-])cc1S(=O)(=O)Nc1cccc(OCc2ccccn2)c1. The maximum atomic E-state index is 12.7. The number of hydrogen-bond donors (Lipinski definition) is 1. The summed E-state index contributed by atoms with van der Waals surface area (Å²) in [4.78, 5) is 14.3. The van der Waals surface area contributed by atoms with E-state index in [0.717, 1.165) is 11.8 Å². The van der Waals surface area contributed by atoms with Crippen molar-refractivity contribution >= 4 is 21.4 Å². The Kier molecular flexibility index (Phi) is 5.55. The van der Waals surface area contributed by atoms with Gasteiger partial charge in [0.25, 0.3) is 15.7 Å². The Hall–Kier alpha value is -3.46. The molecule has 1 heterocycles. The summed E-state index contributed by atoms with van der Waals surface area (Å²) in [6.45, 7) is 1.81. The van der Waals surface area contributed by atoms with Crippen LogP contribution in [0.4, 0.5) is 11.4 Å². The van der Waals surface area contributed by atoms with E-state index < -0.39 is 14.9 Å². The molecule has 0 spiro atoms. The summed E-state index contributed by atoms with van der Waals surface area (Å²) in [6, 6.07) is 15.6. The molecule has 0 aliphatic carbocycles. The van der Waals surface area contributed by atoms with Crippen LogP contribution in [0.25, 0.3) is 0 Å². The number of sulfonamides is 1. The van der Waals surface area contributed by atoms with Crippen LogP contribution in [0.3, 0.4) is 0 Å². The zero-order valence-corrected chi connectivity index (χ0v) is 15.7. The molecule has 3 rings (SSSR count). The van der Waals surface area contributed by atoms with Crippen LogP contribution in [0.5, 0.6) is 5.75 Å². The van der Waals surface area contributed by atoms with Gasteiger partial charge in [-0.15, -0.1) is 0 Å². The van der Waals surface area contributed by atoms with Crippen LogP contribution in [0.15, 0.2) is 71.8 Å². The highest BCUT2D eigenvalue weighted by Crippen LogP contribution is 2.25. The molecule has 3 aromatic rings. The van der Waals surface area contributed by atoms with Gasteiger partial charge < -0.3 is 4.74 Å². The molecule has 1 N–H and O–H groups in total. The molecule has 0 unspecified atom stereocenters. The number of aromatic nitrogens is 1. The lowest BCUT2D eigenvalue weighted by atomic mass is 10.2. The fraction of sp³-hybridized carbons (Fsp3) is 0.105. The van der Waals surface area contributed by atoms with Gasteiger partial charge in [-0.1, -0.05) is 18.2 Å². The van der Waals surface area contributed by atoms with Crippen LogP contribution >= 0.6 is 0 Å². The molecule has 0 aliphatic heterocycles. The summed E-state index contributed by atoms with van der Waals surface area (Å²) >= 11 is 0. The molecule has 9 heteroatoms. The molecular weight excluding hydrogens is 382 g/mol. The minimum Gasteiger partial charge on any atom is -0.487 e. The Bertz CT molecular complexity index is 1100. The number of ether oxygens (including phenoxy) is 1. The Morgan fingerprint density at radius 1 is 1.11 bits per heavy atom. The Balaban J connectivity index is 1.79. The highest BCUT2D eigenvalue weighted by atomic mass is 32.2. The van der Waals surface area contributed by atoms with Gasteiger partial charge in [-0.25, -0.2) is 8.42 Å². The lowest BCUT2D eigenvalue weighted by molar-refractivity contribution is -0.385. The number of non-ortho nitro benzene ring substituents is 1. The minimum absolute atomic E-state index is 0.151. The van der Waals surface area contributed by atoms with Crippen molar-refractivity contribution in [1.82, 2.24) is 4.98 Å². The fourth-order valence-electron chi connectivity index (χ4n) is 2.49. The van der Waals surface area contributed by atoms with Gasteiger partial charge >= 0.3 is 0 Å². The smallest absolute Gasteiger partial charge is 0.270 e. The Labute approximate surface area is 162 Å². The number of benzene rings is 2. The highest BCUT2D eigenvalue weighted by molar-refractivity contribution is 7.92. The van der Waals surface area contributed by atoms with Crippen LogP contribution in [-0.2, 0) is 16.6 Å². The second-order valence-electron chi connectivity index (χ2n) is 5.95. The average Bonchev–Trinajstić information content (AvgIpc) is 2.67. The van der Waals surface area contributed by atoms with Crippen LogP contribution in [0.1, 0.15) is 11.3 Å². The van der Waals surface area contributed by atoms with E-state index in [-0.39, 0.29) is 22.9 Å². The average molecular weight is 399 g/mol. The number of nitrogens with zero attached hydrogens (tertiary/aromatic N) is 2. The lowest BCUT2D eigenvalue weighted by Gasteiger charge is -2.12. The van der Waals surface area contributed by atoms with Crippen molar-refractivity contribution in [1.29, 1.82) is 0 Å².